The minimum atomic E-state index is -0.779. The van der Waals surface area contributed by atoms with E-state index in [9.17, 15) is 9.59 Å². The molecule has 1 aromatic carbocycles. The molecule has 2 aliphatic rings. The molecule has 1 N–H and O–H groups in total. The van der Waals surface area contributed by atoms with Gasteiger partial charge in [0.2, 0.25) is 5.91 Å². The fraction of sp³-hybridized carbons (Fsp3) is 0.524. The maximum absolute atomic E-state index is 13.2. The summed E-state index contributed by atoms with van der Waals surface area (Å²) in [7, 11) is 0. The molecular weight excluding hydrogens is 328 g/mol. The molecule has 5 nitrogen and oxygen atoms in total. The molecule has 1 fully saturated rings. The lowest BCUT2D eigenvalue weighted by molar-refractivity contribution is -0.142. The normalized spacial score (nSPS) is 18.2. The quantitative estimate of drug-likeness (QED) is 0.882. The summed E-state index contributed by atoms with van der Waals surface area (Å²) < 4.78 is 5.71. The van der Waals surface area contributed by atoms with Crippen molar-refractivity contribution in [3.8, 4) is 5.75 Å². The number of ether oxygens (including phenoxy) is 1. The predicted octanol–water partition coefficient (Wildman–Crippen LogP) is 3.15. The number of hydrogen-bond donors (Lipinski definition) is 1. The summed E-state index contributed by atoms with van der Waals surface area (Å²) in [5, 5.41) is 3.10. The Morgan fingerprint density at radius 1 is 1.12 bits per heavy atom. The number of likely N-dealkylation sites (N-methyl/N-ethyl adjacent to an activating group) is 1. The molecule has 0 atom stereocenters. The van der Waals surface area contributed by atoms with E-state index in [4.69, 9.17) is 4.74 Å². The van der Waals surface area contributed by atoms with Crippen molar-refractivity contribution in [2.24, 2.45) is 0 Å². The van der Waals surface area contributed by atoms with Crippen LogP contribution in [0.15, 0.2) is 29.8 Å². The summed E-state index contributed by atoms with van der Waals surface area (Å²) >= 11 is 0. The molecule has 140 valence electrons. The molecule has 0 saturated heterocycles. The van der Waals surface area contributed by atoms with Crippen LogP contribution in [0, 0.1) is 0 Å². The molecule has 0 aromatic heterocycles. The van der Waals surface area contributed by atoms with Crippen molar-refractivity contribution < 1.29 is 14.3 Å². The Hall–Kier alpha value is -2.30. The Bertz CT molecular complexity index is 701. The van der Waals surface area contributed by atoms with Gasteiger partial charge in [0.05, 0.1) is 5.57 Å². The Kier molecular flexibility index (Phi) is 5.64. The van der Waals surface area contributed by atoms with E-state index >= 15 is 0 Å². The molecule has 1 saturated carbocycles. The molecule has 5 heteroatoms. The Morgan fingerprint density at radius 3 is 2.50 bits per heavy atom. The second-order valence-corrected chi connectivity index (χ2v) is 7.07. The fourth-order valence-electron chi connectivity index (χ4n) is 3.91. The van der Waals surface area contributed by atoms with Gasteiger partial charge in [-0.15, -0.1) is 0 Å². The van der Waals surface area contributed by atoms with E-state index in [0.29, 0.717) is 31.5 Å². The van der Waals surface area contributed by atoms with E-state index in [2.05, 4.69) is 5.32 Å². The standard InChI is InChI=1S/C21H28N2O3/c1-3-23(4-2)20(25)21(12-8-5-9-13-21)22-19(24)17-14-16-10-6-7-11-18(16)26-15-17/h6-7,10-11,14H,3-5,8-9,12-13,15H2,1-2H3,(H,22,24). The molecule has 2 amide bonds. The van der Waals surface area contributed by atoms with Crippen LogP contribution in [0.3, 0.4) is 0 Å². The summed E-state index contributed by atoms with van der Waals surface area (Å²) in [6.07, 6.45) is 6.32. The fourth-order valence-corrected chi connectivity index (χ4v) is 3.91. The number of carbonyl (C=O) groups excluding carboxylic acids is 2. The first-order valence-electron chi connectivity index (χ1n) is 9.64. The van der Waals surface area contributed by atoms with Gasteiger partial charge in [-0.3, -0.25) is 9.59 Å². The van der Waals surface area contributed by atoms with Crippen LogP contribution in [-0.2, 0) is 9.59 Å². The van der Waals surface area contributed by atoms with E-state index in [0.717, 1.165) is 30.6 Å². The van der Waals surface area contributed by atoms with Gasteiger partial charge in [-0.25, -0.2) is 0 Å². The highest BCUT2D eigenvalue weighted by Gasteiger charge is 2.43. The minimum absolute atomic E-state index is 0.0493. The lowest BCUT2D eigenvalue weighted by atomic mass is 9.80. The highest BCUT2D eigenvalue weighted by molar-refractivity contribution is 6.02. The van der Waals surface area contributed by atoms with Gasteiger partial charge in [-0.2, -0.15) is 0 Å². The van der Waals surface area contributed by atoms with Gasteiger partial charge in [0.1, 0.15) is 17.9 Å². The zero-order valence-electron chi connectivity index (χ0n) is 15.7. The zero-order valence-corrected chi connectivity index (χ0v) is 15.7. The molecule has 0 bridgehead atoms. The SMILES string of the molecule is CCN(CC)C(=O)C1(NC(=O)C2=Cc3ccccc3OC2)CCCCC1. The average molecular weight is 356 g/mol. The van der Waals surface area contributed by atoms with Crippen LogP contribution >= 0.6 is 0 Å². The molecule has 1 aliphatic carbocycles. The number of carbonyl (C=O) groups is 2. The van der Waals surface area contributed by atoms with Crippen LogP contribution in [-0.4, -0.2) is 41.9 Å². The van der Waals surface area contributed by atoms with E-state index in [1.807, 2.05) is 49.1 Å². The minimum Gasteiger partial charge on any atom is -0.488 e. The van der Waals surface area contributed by atoms with Gasteiger partial charge in [-0.1, -0.05) is 37.5 Å². The number of nitrogens with zero attached hydrogens (tertiary/aromatic N) is 1. The second-order valence-electron chi connectivity index (χ2n) is 7.07. The van der Waals surface area contributed by atoms with Crippen LogP contribution in [0.5, 0.6) is 5.75 Å². The number of rotatable bonds is 5. The molecule has 3 rings (SSSR count). The van der Waals surface area contributed by atoms with Gasteiger partial charge in [-0.05, 0) is 38.8 Å². The van der Waals surface area contributed by atoms with Crippen molar-refractivity contribution >= 4 is 17.9 Å². The Balaban J connectivity index is 1.82. The van der Waals surface area contributed by atoms with Crippen LogP contribution in [0.25, 0.3) is 6.08 Å². The Labute approximate surface area is 155 Å². The average Bonchev–Trinajstić information content (AvgIpc) is 2.69. The van der Waals surface area contributed by atoms with E-state index < -0.39 is 5.54 Å². The lowest BCUT2D eigenvalue weighted by Gasteiger charge is -2.40. The number of fused-ring (bicyclic) bond motifs is 1. The third-order valence-corrected chi connectivity index (χ3v) is 5.44. The van der Waals surface area contributed by atoms with Crippen LogP contribution < -0.4 is 10.1 Å². The van der Waals surface area contributed by atoms with Crippen molar-refractivity contribution in [2.45, 2.75) is 51.5 Å². The van der Waals surface area contributed by atoms with Crippen molar-refractivity contribution in [1.82, 2.24) is 10.2 Å². The molecular formula is C21H28N2O3. The zero-order chi connectivity index (χ0) is 18.6. The number of amides is 2. The van der Waals surface area contributed by atoms with Crippen molar-refractivity contribution in [1.29, 1.82) is 0 Å². The van der Waals surface area contributed by atoms with Gasteiger partial charge in [0.15, 0.2) is 0 Å². The maximum atomic E-state index is 13.2. The first kappa shape index (κ1) is 18.5. The highest BCUT2D eigenvalue weighted by Crippen LogP contribution is 2.31. The molecule has 1 heterocycles. The lowest BCUT2D eigenvalue weighted by Crippen LogP contribution is -2.61. The summed E-state index contributed by atoms with van der Waals surface area (Å²) in [4.78, 5) is 27.9. The highest BCUT2D eigenvalue weighted by atomic mass is 16.5. The van der Waals surface area contributed by atoms with Crippen LogP contribution in [0.2, 0.25) is 0 Å². The number of nitrogens with one attached hydrogen (secondary N) is 1. The largest absolute Gasteiger partial charge is 0.488 e. The summed E-state index contributed by atoms with van der Waals surface area (Å²) in [5.74, 6) is 0.644. The number of benzene rings is 1. The van der Waals surface area contributed by atoms with E-state index in [-0.39, 0.29) is 18.4 Å². The van der Waals surface area contributed by atoms with Crippen LogP contribution in [0.4, 0.5) is 0 Å². The number of hydrogen-bond acceptors (Lipinski definition) is 3. The summed E-state index contributed by atoms with van der Waals surface area (Å²) in [5.41, 5.74) is 0.691. The molecule has 0 spiro atoms. The first-order valence-corrected chi connectivity index (χ1v) is 9.64. The smallest absolute Gasteiger partial charge is 0.251 e. The first-order chi connectivity index (χ1) is 12.6. The van der Waals surface area contributed by atoms with Crippen molar-refractivity contribution in [3.05, 3.63) is 35.4 Å². The molecule has 1 aliphatic heterocycles. The van der Waals surface area contributed by atoms with Crippen molar-refractivity contribution in [3.63, 3.8) is 0 Å². The molecule has 1 aromatic rings. The monoisotopic (exact) mass is 356 g/mol. The number of para-hydroxylation sites is 1. The van der Waals surface area contributed by atoms with Gasteiger partial charge in [0, 0.05) is 18.7 Å². The van der Waals surface area contributed by atoms with Crippen LogP contribution in [0.1, 0.15) is 51.5 Å². The molecule has 0 radical (unpaired) electrons. The van der Waals surface area contributed by atoms with Crippen molar-refractivity contribution in [2.75, 3.05) is 19.7 Å². The maximum Gasteiger partial charge on any atom is 0.251 e. The third kappa shape index (κ3) is 3.62. The van der Waals surface area contributed by atoms with Gasteiger partial charge in [0.25, 0.3) is 5.91 Å². The van der Waals surface area contributed by atoms with Gasteiger partial charge >= 0.3 is 0 Å². The summed E-state index contributed by atoms with van der Waals surface area (Å²) in [6.45, 7) is 5.51. The third-order valence-electron chi connectivity index (χ3n) is 5.44. The molecule has 0 unspecified atom stereocenters. The van der Waals surface area contributed by atoms with E-state index in [1.165, 1.54) is 0 Å². The van der Waals surface area contributed by atoms with E-state index in [1.54, 1.807) is 0 Å². The Morgan fingerprint density at radius 2 is 1.81 bits per heavy atom. The summed E-state index contributed by atoms with van der Waals surface area (Å²) in [6, 6.07) is 7.66. The topological polar surface area (TPSA) is 58.6 Å². The predicted molar refractivity (Wildman–Crippen MR) is 102 cm³/mol. The second kappa shape index (κ2) is 7.94. The van der Waals surface area contributed by atoms with Gasteiger partial charge < -0.3 is 15.0 Å². The molecule has 26 heavy (non-hydrogen) atoms.